The topological polar surface area (TPSA) is 76.0 Å². The fourth-order valence-corrected chi connectivity index (χ4v) is 1.17. The molecule has 0 saturated carbocycles. The smallest absolute Gasteiger partial charge is 0.333 e. The number of carbonyl (C=O) groups excluding carboxylic acids is 1. The van der Waals surface area contributed by atoms with Gasteiger partial charge in [0.1, 0.15) is 0 Å². The average molecular weight is 290 g/mol. The van der Waals surface area contributed by atoms with Gasteiger partial charge in [-0.2, -0.15) is 0 Å². The molecule has 5 heteroatoms. The Labute approximate surface area is 122 Å². The first-order chi connectivity index (χ1) is 9.63. The lowest BCUT2D eigenvalue weighted by Crippen LogP contribution is -2.07. The molecule has 0 amide bonds. The zero-order valence-corrected chi connectivity index (χ0v) is 12.9. The maximum absolute atomic E-state index is 11.1. The molecule has 0 aromatic rings. The first-order valence-electron chi connectivity index (χ1n) is 7.28. The molecule has 0 aliphatic carbocycles. The van der Waals surface area contributed by atoms with Gasteiger partial charge in [-0.05, 0) is 12.8 Å². The van der Waals surface area contributed by atoms with Crippen LogP contribution in [0.15, 0.2) is 12.2 Å². The van der Waals surface area contributed by atoms with E-state index < -0.39 is 0 Å². The number of aliphatic hydroxyl groups is 2. The lowest BCUT2D eigenvalue weighted by atomic mass is 10.2. The average Bonchev–Trinajstić information content (AvgIpc) is 2.47. The van der Waals surface area contributed by atoms with Crippen LogP contribution in [0.3, 0.4) is 0 Å². The highest BCUT2D eigenvalue weighted by Gasteiger charge is 2.04. The molecule has 0 saturated heterocycles. The Kier molecular flexibility index (Phi) is 19.3. The van der Waals surface area contributed by atoms with E-state index in [2.05, 4.69) is 18.2 Å². The molecule has 5 nitrogen and oxygen atoms in total. The molecule has 120 valence electrons. The second-order valence-electron chi connectivity index (χ2n) is 4.21. The van der Waals surface area contributed by atoms with Gasteiger partial charge in [0.05, 0.1) is 33.0 Å². The second-order valence-corrected chi connectivity index (χ2v) is 4.21. The molecule has 0 aliphatic rings. The molecule has 0 aromatic heterocycles. The van der Waals surface area contributed by atoms with E-state index in [1.54, 1.807) is 0 Å². The molecule has 0 heterocycles. The number of hydrogen-bond acceptors (Lipinski definition) is 5. The van der Waals surface area contributed by atoms with Gasteiger partial charge in [-0.3, -0.25) is 0 Å². The first kappa shape index (κ1) is 21.4. The Hall–Kier alpha value is -0.910. The van der Waals surface area contributed by atoms with E-state index in [1.807, 2.05) is 6.92 Å². The second kappa shape index (κ2) is 18.1. The Bertz CT molecular complexity index is 224. The highest BCUT2D eigenvalue weighted by atomic mass is 16.5. The monoisotopic (exact) mass is 290 g/mol. The van der Waals surface area contributed by atoms with Crippen LogP contribution in [0, 0.1) is 0 Å². The number of unbranched alkanes of at least 4 members (excludes halogenated alkanes) is 3. The van der Waals surface area contributed by atoms with E-state index in [4.69, 9.17) is 14.9 Å². The molecule has 0 atom stereocenters. The van der Waals surface area contributed by atoms with Crippen molar-refractivity contribution in [3.8, 4) is 0 Å². The molecule has 0 unspecified atom stereocenters. The maximum Gasteiger partial charge on any atom is 0.333 e. The van der Waals surface area contributed by atoms with Crippen molar-refractivity contribution >= 4 is 5.97 Å². The van der Waals surface area contributed by atoms with Crippen molar-refractivity contribution in [2.75, 3.05) is 33.0 Å². The van der Waals surface area contributed by atoms with Crippen molar-refractivity contribution in [1.82, 2.24) is 0 Å². The number of carbonyl (C=O) groups is 1. The first-order valence-corrected chi connectivity index (χ1v) is 7.28. The third-order valence-electron chi connectivity index (χ3n) is 2.42. The molecular formula is C15H30O5. The van der Waals surface area contributed by atoms with Gasteiger partial charge in [0.2, 0.25) is 0 Å². The molecule has 0 aliphatic heterocycles. The Morgan fingerprint density at radius 1 is 1.00 bits per heavy atom. The van der Waals surface area contributed by atoms with Crippen molar-refractivity contribution in [2.24, 2.45) is 0 Å². The minimum atomic E-state index is -0.237. The van der Waals surface area contributed by atoms with Crippen LogP contribution in [-0.2, 0) is 14.3 Å². The van der Waals surface area contributed by atoms with Crippen LogP contribution in [0.5, 0.6) is 0 Å². The third kappa shape index (κ3) is 17.1. The number of hydrogen-bond donors (Lipinski definition) is 2. The van der Waals surface area contributed by atoms with Crippen molar-refractivity contribution in [1.29, 1.82) is 0 Å². The number of aliphatic hydroxyl groups excluding tert-OH is 2. The van der Waals surface area contributed by atoms with Crippen LogP contribution in [0.2, 0.25) is 0 Å². The number of rotatable bonds is 11. The van der Waals surface area contributed by atoms with Crippen LogP contribution in [0.25, 0.3) is 0 Å². The van der Waals surface area contributed by atoms with Gasteiger partial charge in [-0.1, -0.05) is 39.7 Å². The maximum atomic E-state index is 11.1. The molecule has 0 fully saturated rings. The summed E-state index contributed by atoms with van der Waals surface area (Å²) in [6.07, 6.45) is 5.20. The SMILES string of the molecule is C=C(CC)C(=O)OCCCCCC.OCCOCCO. The zero-order chi connectivity index (χ0) is 15.6. The van der Waals surface area contributed by atoms with Crippen molar-refractivity contribution < 1.29 is 24.5 Å². The lowest BCUT2D eigenvalue weighted by Gasteiger charge is -2.04. The molecule has 0 rings (SSSR count). The summed E-state index contributed by atoms with van der Waals surface area (Å²) in [5.74, 6) is -0.237. The Morgan fingerprint density at radius 3 is 2.05 bits per heavy atom. The van der Waals surface area contributed by atoms with Crippen molar-refractivity contribution in [3.05, 3.63) is 12.2 Å². The fourth-order valence-electron chi connectivity index (χ4n) is 1.17. The zero-order valence-electron chi connectivity index (χ0n) is 12.9. The summed E-state index contributed by atoms with van der Waals surface area (Å²) in [6.45, 7) is 8.91. The predicted octanol–water partition coefficient (Wildman–Crippen LogP) is 2.06. The summed E-state index contributed by atoms with van der Waals surface area (Å²) in [7, 11) is 0. The van der Waals surface area contributed by atoms with Crippen LogP contribution in [0.4, 0.5) is 0 Å². The number of ether oxygens (including phenoxy) is 2. The lowest BCUT2D eigenvalue weighted by molar-refractivity contribution is -0.139. The van der Waals surface area contributed by atoms with E-state index in [0.717, 1.165) is 12.8 Å². The van der Waals surface area contributed by atoms with Gasteiger partial charge in [0.25, 0.3) is 0 Å². The Morgan fingerprint density at radius 2 is 1.60 bits per heavy atom. The summed E-state index contributed by atoms with van der Waals surface area (Å²) < 4.78 is 9.63. The molecule has 20 heavy (non-hydrogen) atoms. The van der Waals surface area contributed by atoms with Crippen LogP contribution in [-0.4, -0.2) is 49.2 Å². The van der Waals surface area contributed by atoms with Crippen molar-refractivity contribution in [2.45, 2.75) is 46.0 Å². The van der Waals surface area contributed by atoms with E-state index in [0.29, 0.717) is 31.8 Å². The standard InChI is InChI=1S/C11H20O2.C4H10O3/c1-4-6-7-8-9-13-11(12)10(3)5-2;5-1-3-7-4-2-6/h3-9H2,1-2H3;5-6H,1-4H2. The van der Waals surface area contributed by atoms with Crippen LogP contribution >= 0.6 is 0 Å². The molecule has 0 aromatic carbocycles. The Balaban J connectivity index is 0. The van der Waals surface area contributed by atoms with Gasteiger partial charge in [0, 0.05) is 5.57 Å². The van der Waals surface area contributed by atoms with Crippen molar-refractivity contribution in [3.63, 3.8) is 0 Å². The van der Waals surface area contributed by atoms with E-state index in [-0.39, 0.29) is 19.2 Å². The molecule has 0 bridgehead atoms. The predicted molar refractivity (Wildman–Crippen MR) is 79.5 cm³/mol. The molecule has 2 N–H and O–H groups in total. The summed E-state index contributed by atoms with van der Waals surface area (Å²) in [4.78, 5) is 11.1. The third-order valence-corrected chi connectivity index (χ3v) is 2.42. The van der Waals surface area contributed by atoms with Gasteiger partial charge in [0.15, 0.2) is 0 Å². The normalized spacial score (nSPS) is 9.60. The number of esters is 1. The quantitative estimate of drug-likeness (QED) is 0.346. The van der Waals surface area contributed by atoms with E-state index >= 15 is 0 Å². The van der Waals surface area contributed by atoms with Gasteiger partial charge >= 0.3 is 5.97 Å². The highest BCUT2D eigenvalue weighted by Crippen LogP contribution is 2.03. The van der Waals surface area contributed by atoms with Gasteiger partial charge in [-0.15, -0.1) is 0 Å². The summed E-state index contributed by atoms with van der Waals surface area (Å²) >= 11 is 0. The highest BCUT2D eigenvalue weighted by molar-refractivity contribution is 5.87. The molecule has 0 radical (unpaired) electrons. The van der Waals surface area contributed by atoms with Crippen LogP contribution in [0.1, 0.15) is 46.0 Å². The molecule has 0 spiro atoms. The van der Waals surface area contributed by atoms with E-state index in [1.165, 1.54) is 12.8 Å². The summed E-state index contributed by atoms with van der Waals surface area (Å²) in [5, 5.41) is 16.2. The summed E-state index contributed by atoms with van der Waals surface area (Å²) in [5.41, 5.74) is 0.565. The minimum absolute atomic E-state index is 0.0278. The largest absolute Gasteiger partial charge is 0.462 e. The van der Waals surface area contributed by atoms with Gasteiger partial charge < -0.3 is 19.7 Å². The summed E-state index contributed by atoms with van der Waals surface area (Å²) in [6, 6.07) is 0. The minimum Gasteiger partial charge on any atom is -0.462 e. The fraction of sp³-hybridized carbons (Fsp3) is 0.800. The molecular weight excluding hydrogens is 260 g/mol. The van der Waals surface area contributed by atoms with Gasteiger partial charge in [-0.25, -0.2) is 4.79 Å². The van der Waals surface area contributed by atoms with Crippen LogP contribution < -0.4 is 0 Å². The van der Waals surface area contributed by atoms with E-state index in [9.17, 15) is 4.79 Å².